The van der Waals surface area contributed by atoms with Crippen molar-refractivity contribution in [3.63, 3.8) is 0 Å². The Morgan fingerprint density at radius 1 is 0.786 bits per heavy atom. The van der Waals surface area contributed by atoms with Crippen LogP contribution in [0.2, 0.25) is 0 Å². The maximum Gasteiger partial charge on any atom is 0.220 e. The number of amides is 1. The monoisotopic (exact) mass is 388 g/mol. The van der Waals surface area contributed by atoms with E-state index in [4.69, 9.17) is 5.73 Å². The molecule has 0 spiro atoms. The van der Waals surface area contributed by atoms with E-state index in [0.717, 1.165) is 30.6 Å². The number of nitrogens with one attached hydrogen (secondary N) is 1. The highest BCUT2D eigenvalue weighted by Gasteiger charge is 2.03. The van der Waals surface area contributed by atoms with E-state index in [-0.39, 0.29) is 5.91 Å². The standard InChI is InChI=1S/C25H44N2O/c1-2-3-4-5-6-7-8-9-10-11-12-13-14-17-22-27-25(28)21-20-23-18-15-16-19-24(23)26/h15-16,18-19H,2-14,17,20-22,26H2,1H3,(H,27,28). The summed E-state index contributed by atoms with van der Waals surface area (Å²) in [5, 5.41) is 3.04. The number of carbonyl (C=O) groups is 1. The van der Waals surface area contributed by atoms with Crippen molar-refractivity contribution in [3.8, 4) is 0 Å². The lowest BCUT2D eigenvalue weighted by Gasteiger charge is -2.07. The van der Waals surface area contributed by atoms with E-state index in [1.807, 2.05) is 24.3 Å². The van der Waals surface area contributed by atoms with Gasteiger partial charge in [0.15, 0.2) is 0 Å². The van der Waals surface area contributed by atoms with Gasteiger partial charge < -0.3 is 11.1 Å². The van der Waals surface area contributed by atoms with Crippen LogP contribution in [0.1, 0.15) is 109 Å². The highest BCUT2D eigenvalue weighted by molar-refractivity contribution is 5.76. The van der Waals surface area contributed by atoms with Gasteiger partial charge in [-0.3, -0.25) is 4.79 Å². The lowest BCUT2D eigenvalue weighted by molar-refractivity contribution is -0.121. The molecule has 0 saturated heterocycles. The van der Waals surface area contributed by atoms with Crippen LogP contribution in [0.25, 0.3) is 0 Å². The molecule has 1 aromatic rings. The maximum absolute atomic E-state index is 11.9. The van der Waals surface area contributed by atoms with Gasteiger partial charge in [-0.2, -0.15) is 0 Å². The Balaban J connectivity index is 1.81. The maximum atomic E-state index is 11.9. The van der Waals surface area contributed by atoms with Gasteiger partial charge in [0.1, 0.15) is 0 Å². The molecule has 0 unspecified atom stereocenters. The molecular weight excluding hydrogens is 344 g/mol. The van der Waals surface area contributed by atoms with E-state index >= 15 is 0 Å². The molecule has 3 N–H and O–H groups in total. The molecule has 160 valence electrons. The number of nitrogen functional groups attached to an aromatic ring is 1. The predicted octanol–water partition coefficient (Wildman–Crippen LogP) is 6.80. The second-order valence-corrected chi connectivity index (χ2v) is 8.14. The summed E-state index contributed by atoms with van der Waals surface area (Å²) < 4.78 is 0. The molecule has 0 radical (unpaired) electrons. The molecule has 0 aliphatic heterocycles. The number of para-hydroxylation sites is 1. The summed E-state index contributed by atoms with van der Waals surface area (Å²) in [7, 11) is 0. The third-order valence-corrected chi connectivity index (χ3v) is 5.53. The molecule has 0 saturated carbocycles. The number of hydrogen-bond donors (Lipinski definition) is 2. The average molecular weight is 389 g/mol. The van der Waals surface area contributed by atoms with E-state index in [1.54, 1.807) is 0 Å². The molecule has 0 fully saturated rings. The number of benzene rings is 1. The van der Waals surface area contributed by atoms with E-state index < -0.39 is 0 Å². The lowest BCUT2D eigenvalue weighted by Crippen LogP contribution is -2.24. The molecule has 0 aliphatic carbocycles. The molecule has 3 nitrogen and oxygen atoms in total. The topological polar surface area (TPSA) is 55.1 Å². The first-order valence-corrected chi connectivity index (χ1v) is 11.8. The lowest BCUT2D eigenvalue weighted by atomic mass is 10.0. The van der Waals surface area contributed by atoms with Crippen LogP contribution in [0.5, 0.6) is 0 Å². The SMILES string of the molecule is CCCCCCCCCCCCCCCCNC(=O)CCc1ccccc1N. The van der Waals surface area contributed by atoms with E-state index in [0.29, 0.717) is 6.42 Å². The fourth-order valence-electron chi connectivity index (χ4n) is 3.65. The Hall–Kier alpha value is -1.51. The second-order valence-electron chi connectivity index (χ2n) is 8.14. The van der Waals surface area contributed by atoms with E-state index in [9.17, 15) is 4.79 Å². The van der Waals surface area contributed by atoms with Gasteiger partial charge in [0.25, 0.3) is 0 Å². The molecule has 0 aliphatic rings. The summed E-state index contributed by atoms with van der Waals surface area (Å²) in [5.41, 5.74) is 7.75. The summed E-state index contributed by atoms with van der Waals surface area (Å²) in [4.78, 5) is 11.9. The van der Waals surface area contributed by atoms with Crippen molar-refractivity contribution in [3.05, 3.63) is 29.8 Å². The van der Waals surface area contributed by atoms with Crippen LogP contribution in [0, 0.1) is 0 Å². The molecular formula is C25H44N2O. The van der Waals surface area contributed by atoms with Crippen molar-refractivity contribution in [2.24, 2.45) is 0 Å². The Bertz CT molecular complexity index is 501. The molecule has 0 bridgehead atoms. The van der Waals surface area contributed by atoms with Crippen LogP contribution in [0.15, 0.2) is 24.3 Å². The van der Waals surface area contributed by atoms with Gasteiger partial charge in [-0.15, -0.1) is 0 Å². The Morgan fingerprint density at radius 3 is 1.82 bits per heavy atom. The molecule has 1 rings (SSSR count). The third-order valence-electron chi connectivity index (χ3n) is 5.53. The zero-order chi connectivity index (χ0) is 20.3. The van der Waals surface area contributed by atoms with Crippen LogP contribution in [0.3, 0.4) is 0 Å². The van der Waals surface area contributed by atoms with Gasteiger partial charge >= 0.3 is 0 Å². The minimum Gasteiger partial charge on any atom is -0.399 e. The van der Waals surface area contributed by atoms with Crippen LogP contribution in [-0.4, -0.2) is 12.5 Å². The quantitative estimate of drug-likeness (QED) is 0.215. The second kappa shape index (κ2) is 17.6. The normalized spacial score (nSPS) is 10.9. The van der Waals surface area contributed by atoms with Crippen molar-refractivity contribution < 1.29 is 4.79 Å². The number of carbonyl (C=O) groups excluding carboxylic acids is 1. The van der Waals surface area contributed by atoms with Crippen LogP contribution >= 0.6 is 0 Å². The minimum absolute atomic E-state index is 0.137. The van der Waals surface area contributed by atoms with Gasteiger partial charge in [0.05, 0.1) is 0 Å². The summed E-state index contributed by atoms with van der Waals surface area (Å²) in [5.74, 6) is 0.137. The first-order chi connectivity index (χ1) is 13.7. The van der Waals surface area contributed by atoms with Crippen LogP contribution in [0.4, 0.5) is 5.69 Å². The van der Waals surface area contributed by atoms with Crippen molar-refractivity contribution in [1.82, 2.24) is 5.32 Å². The number of aryl methyl sites for hydroxylation is 1. The van der Waals surface area contributed by atoms with Gasteiger partial charge in [0, 0.05) is 18.7 Å². The molecule has 1 amide bonds. The Morgan fingerprint density at radius 2 is 1.29 bits per heavy atom. The highest BCUT2D eigenvalue weighted by Crippen LogP contribution is 2.13. The predicted molar refractivity (Wildman–Crippen MR) is 122 cm³/mol. The summed E-state index contributed by atoms with van der Waals surface area (Å²) >= 11 is 0. The smallest absolute Gasteiger partial charge is 0.220 e. The fraction of sp³-hybridized carbons (Fsp3) is 0.720. The van der Waals surface area contributed by atoms with E-state index in [2.05, 4.69) is 12.2 Å². The summed E-state index contributed by atoms with van der Waals surface area (Å²) in [6.45, 7) is 3.08. The highest BCUT2D eigenvalue weighted by atomic mass is 16.1. The van der Waals surface area contributed by atoms with Crippen molar-refractivity contribution in [1.29, 1.82) is 0 Å². The molecule has 1 aromatic carbocycles. The minimum atomic E-state index is 0.137. The molecule has 0 atom stereocenters. The van der Waals surface area contributed by atoms with E-state index in [1.165, 1.54) is 83.5 Å². The van der Waals surface area contributed by atoms with Crippen LogP contribution in [-0.2, 0) is 11.2 Å². The molecule has 0 heterocycles. The molecule has 0 aromatic heterocycles. The zero-order valence-corrected chi connectivity index (χ0v) is 18.3. The van der Waals surface area contributed by atoms with Crippen LogP contribution < -0.4 is 11.1 Å². The van der Waals surface area contributed by atoms with Gasteiger partial charge in [-0.05, 0) is 24.5 Å². The molecule has 28 heavy (non-hydrogen) atoms. The number of rotatable bonds is 18. The molecule has 3 heteroatoms. The van der Waals surface area contributed by atoms with Crippen molar-refractivity contribution in [2.45, 2.75) is 110 Å². The Kier molecular flexibility index (Phi) is 15.4. The zero-order valence-electron chi connectivity index (χ0n) is 18.3. The number of nitrogens with two attached hydrogens (primary N) is 1. The summed E-state index contributed by atoms with van der Waals surface area (Å²) in [6.07, 6.45) is 20.3. The van der Waals surface area contributed by atoms with Crippen molar-refractivity contribution >= 4 is 11.6 Å². The number of unbranched alkanes of at least 4 members (excludes halogenated alkanes) is 13. The number of anilines is 1. The van der Waals surface area contributed by atoms with Gasteiger partial charge in [0.2, 0.25) is 5.91 Å². The Labute approximate surface area is 173 Å². The first kappa shape index (κ1) is 24.5. The first-order valence-electron chi connectivity index (χ1n) is 11.8. The van der Waals surface area contributed by atoms with Crippen molar-refractivity contribution in [2.75, 3.05) is 12.3 Å². The largest absolute Gasteiger partial charge is 0.399 e. The summed E-state index contributed by atoms with van der Waals surface area (Å²) in [6, 6.07) is 7.78. The third kappa shape index (κ3) is 13.6. The fourth-order valence-corrected chi connectivity index (χ4v) is 3.65. The van der Waals surface area contributed by atoms with Gasteiger partial charge in [-0.25, -0.2) is 0 Å². The number of hydrogen-bond acceptors (Lipinski definition) is 2. The average Bonchev–Trinajstić information content (AvgIpc) is 2.70. The van der Waals surface area contributed by atoms with Gasteiger partial charge in [-0.1, -0.05) is 109 Å².